The highest BCUT2D eigenvalue weighted by molar-refractivity contribution is 5.77. The molecule has 2 aliphatic rings. The van der Waals surface area contributed by atoms with Gasteiger partial charge in [0.25, 0.3) is 0 Å². The monoisotopic (exact) mass is 254 g/mol. The minimum atomic E-state index is -0.0753. The second-order valence-corrected chi connectivity index (χ2v) is 6.13. The third kappa shape index (κ3) is 3.69. The Morgan fingerprint density at radius 3 is 2.67 bits per heavy atom. The zero-order valence-corrected chi connectivity index (χ0v) is 11.4. The van der Waals surface area contributed by atoms with E-state index in [1.165, 1.54) is 12.8 Å². The zero-order chi connectivity index (χ0) is 13.0. The van der Waals surface area contributed by atoms with Crippen molar-refractivity contribution in [3.05, 3.63) is 0 Å². The molecule has 1 amide bonds. The van der Waals surface area contributed by atoms with E-state index < -0.39 is 0 Å². The molecule has 1 saturated carbocycles. The van der Waals surface area contributed by atoms with Gasteiger partial charge in [0, 0.05) is 31.2 Å². The predicted molar refractivity (Wildman–Crippen MR) is 71.2 cm³/mol. The molecule has 0 aromatic heterocycles. The Hall–Kier alpha value is -0.610. The Kier molecular flexibility index (Phi) is 4.62. The number of hydrogen-bond acceptors (Lipinski definition) is 3. The maximum absolute atomic E-state index is 12.1. The molecule has 2 atom stereocenters. The third-order valence-corrected chi connectivity index (χ3v) is 4.45. The molecule has 4 heteroatoms. The van der Waals surface area contributed by atoms with Gasteiger partial charge >= 0.3 is 0 Å². The van der Waals surface area contributed by atoms with Crippen molar-refractivity contribution < 1.29 is 9.53 Å². The van der Waals surface area contributed by atoms with Crippen molar-refractivity contribution in [1.82, 2.24) is 5.32 Å². The van der Waals surface area contributed by atoms with Crippen molar-refractivity contribution >= 4 is 5.91 Å². The third-order valence-electron chi connectivity index (χ3n) is 4.45. The Morgan fingerprint density at radius 2 is 2.00 bits per heavy atom. The number of ether oxygens (including phenoxy) is 1. The Bertz CT molecular complexity index is 288. The van der Waals surface area contributed by atoms with Gasteiger partial charge in [0.15, 0.2) is 0 Å². The summed E-state index contributed by atoms with van der Waals surface area (Å²) in [6.45, 7) is 3.62. The summed E-state index contributed by atoms with van der Waals surface area (Å²) in [7, 11) is 0. The number of hydrogen-bond donors (Lipinski definition) is 2. The second kappa shape index (κ2) is 6.02. The van der Waals surface area contributed by atoms with Crippen LogP contribution in [0.15, 0.2) is 0 Å². The molecule has 2 unspecified atom stereocenters. The van der Waals surface area contributed by atoms with E-state index >= 15 is 0 Å². The van der Waals surface area contributed by atoms with Crippen LogP contribution < -0.4 is 11.1 Å². The summed E-state index contributed by atoms with van der Waals surface area (Å²) in [4.78, 5) is 12.1. The van der Waals surface area contributed by atoms with Gasteiger partial charge in [0.05, 0.1) is 0 Å². The Balaban J connectivity index is 1.80. The molecule has 2 rings (SSSR count). The highest BCUT2D eigenvalue weighted by Crippen LogP contribution is 2.26. The minimum Gasteiger partial charge on any atom is -0.381 e. The van der Waals surface area contributed by atoms with E-state index in [0.29, 0.717) is 12.3 Å². The highest BCUT2D eigenvalue weighted by Gasteiger charge is 2.31. The average molecular weight is 254 g/mol. The molecular weight excluding hydrogens is 228 g/mol. The van der Waals surface area contributed by atoms with Crippen LogP contribution in [0.4, 0.5) is 0 Å². The first-order valence-electron chi connectivity index (χ1n) is 7.23. The molecule has 1 aliphatic carbocycles. The maximum Gasteiger partial charge on any atom is 0.220 e. The first kappa shape index (κ1) is 13.8. The van der Waals surface area contributed by atoms with Crippen LogP contribution in [-0.4, -0.2) is 30.7 Å². The molecule has 104 valence electrons. The quantitative estimate of drug-likeness (QED) is 0.803. The molecule has 18 heavy (non-hydrogen) atoms. The number of nitrogens with one attached hydrogen (secondary N) is 1. The van der Waals surface area contributed by atoms with Crippen molar-refractivity contribution in [3.63, 3.8) is 0 Å². The summed E-state index contributed by atoms with van der Waals surface area (Å²) < 4.78 is 5.34. The predicted octanol–water partition coefficient (Wildman–Crippen LogP) is 1.58. The molecule has 3 N–H and O–H groups in total. The molecule has 0 radical (unpaired) electrons. The largest absolute Gasteiger partial charge is 0.381 e. The van der Waals surface area contributed by atoms with Gasteiger partial charge in [-0.05, 0) is 38.5 Å². The van der Waals surface area contributed by atoms with Crippen molar-refractivity contribution in [2.75, 3.05) is 13.2 Å². The van der Waals surface area contributed by atoms with Gasteiger partial charge in [-0.15, -0.1) is 0 Å². The van der Waals surface area contributed by atoms with Crippen LogP contribution in [-0.2, 0) is 9.53 Å². The molecule has 1 heterocycles. The summed E-state index contributed by atoms with van der Waals surface area (Å²) in [5, 5.41) is 3.19. The molecular formula is C14H26N2O2. The van der Waals surface area contributed by atoms with Crippen LogP contribution in [0.2, 0.25) is 0 Å². The van der Waals surface area contributed by atoms with Gasteiger partial charge in [-0.25, -0.2) is 0 Å². The number of amides is 1. The van der Waals surface area contributed by atoms with Gasteiger partial charge in [-0.2, -0.15) is 0 Å². The first-order chi connectivity index (χ1) is 8.59. The van der Waals surface area contributed by atoms with Crippen molar-refractivity contribution in [1.29, 1.82) is 0 Å². The van der Waals surface area contributed by atoms with E-state index in [9.17, 15) is 4.79 Å². The van der Waals surface area contributed by atoms with Crippen LogP contribution in [0.1, 0.15) is 51.9 Å². The molecule has 0 aromatic rings. The highest BCUT2D eigenvalue weighted by atomic mass is 16.5. The lowest BCUT2D eigenvalue weighted by molar-refractivity contribution is -0.125. The van der Waals surface area contributed by atoms with Crippen LogP contribution in [0.3, 0.4) is 0 Å². The smallest absolute Gasteiger partial charge is 0.220 e. The van der Waals surface area contributed by atoms with Gasteiger partial charge in [-0.1, -0.05) is 12.8 Å². The molecule has 2 fully saturated rings. The van der Waals surface area contributed by atoms with Gasteiger partial charge < -0.3 is 15.8 Å². The lowest BCUT2D eigenvalue weighted by Crippen LogP contribution is -2.50. The number of rotatable bonds is 3. The lowest BCUT2D eigenvalue weighted by Gasteiger charge is -2.35. The molecule has 1 saturated heterocycles. The topological polar surface area (TPSA) is 64.4 Å². The van der Waals surface area contributed by atoms with E-state index in [0.717, 1.165) is 38.9 Å². The fourth-order valence-corrected chi connectivity index (χ4v) is 3.06. The summed E-state index contributed by atoms with van der Waals surface area (Å²) in [5.41, 5.74) is 6.02. The van der Waals surface area contributed by atoms with Gasteiger partial charge in [0.2, 0.25) is 5.91 Å². The zero-order valence-electron chi connectivity index (χ0n) is 11.4. The molecule has 0 aromatic carbocycles. The number of carbonyl (C=O) groups excluding carboxylic acids is 1. The number of carbonyl (C=O) groups is 1. The van der Waals surface area contributed by atoms with Crippen LogP contribution in [0, 0.1) is 5.92 Å². The van der Waals surface area contributed by atoms with E-state index in [1.807, 2.05) is 0 Å². The summed E-state index contributed by atoms with van der Waals surface area (Å²) in [6, 6.07) is 0.215. The normalized spacial score (nSPS) is 31.9. The first-order valence-corrected chi connectivity index (χ1v) is 7.23. The molecule has 0 spiro atoms. The average Bonchev–Trinajstić information content (AvgIpc) is 2.32. The summed E-state index contributed by atoms with van der Waals surface area (Å²) >= 11 is 0. The SMILES string of the molecule is CC1(NC(=O)CC2CCCCC2N)CCOCC1. The van der Waals surface area contributed by atoms with E-state index in [1.54, 1.807) is 0 Å². The molecule has 0 bridgehead atoms. The fourth-order valence-electron chi connectivity index (χ4n) is 3.06. The minimum absolute atomic E-state index is 0.0753. The van der Waals surface area contributed by atoms with Crippen molar-refractivity contribution in [3.8, 4) is 0 Å². The number of nitrogens with two attached hydrogens (primary N) is 1. The molecule has 4 nitrogen and oxygen atoms in total. The van der Waals surface area contributed by atoms with E-state index in [4.69, 9.17) is 10.5 Å². The van der Waals surface area contributed by atoms with Crippen LogP contribution >= 0.6 is 0 Å². The maximum atomic E-state index is 12.1. The lowest BCUT2D eigenvalue weighted by atomic mass is 9.82. The summed E-state index contributed by atoms with van der Waals surface area (Å²) in [5.74, 6) is 0.545. The summed E-state index contributed by atoms with van der Waals surface area (Å²) in [6.07, 6.45) is 7.03. The van der Waals surface area contributed by atoms with Crippen molar-refractivity contribution in [2.45, 2.75) is 63.5 Å². The van der Waals surface area contributed by atoms with Crippen molar-refractivity contribution in [2.24, 2.45) is 11.7 Å². The van der Waals surface area contributed by atoms with Crippen LogP contribution in [0.5, 0.6) is 0 Å². The van der Waals surface area contributed by atoms with Crippen LogP contribution in [0.25, 0.3) is 0 Å². The Labute approximate surface area is 110 Å². The van der Waals surface area contributed by atoms with E-state index in [-0.39, 0.29) is 17.5 Å². The van der Waals surface area contributed by atoms with Gasteiger partial charge in [-0.3, -0.25) is 4.79 Å². The fraction of sp³-hybridized carbons (Fsp3) is 0.929. The van der Waals surface area contributed by atoms with E-state index in [2.05, 4.69) is 12.2 Å². The molecule has 1 aliphatic heterocycles. The second-order valence-electron chi connectivity index (χ2n) is 6.13. The standard InChI is InChI=1S/C14H26N2O2/c1-14(6-8-18-9-7-14)16-13(17)10-11-4-2-3-5-12(11)15/h11-12H,2-10,15H2,1H3,(H,16,17). The van der Waals surface area contributed by atoms with Gasteiger partial charge in [0.1, 0.15) is 0 Å². The Morgan fingerprint density at radius 1 is 1.33 bits per heavy atom.